The fourth-order valence-electron chi connectivity index (χ4n) is 2.05. The van der Waals surface area contributed by atoms with E-state index in [4.69, 9.17) is 11.6 Å². The van der Waals surface area contributed by atoms with Gasteiger partial charge < -0.3 is 0 Å². The van der Waals surface area contributed by atoms with Crippen molar-refractivity contribution < 1.29 is 4.39 Å². The molecular weight excluding hydrogens is 255 g/mol. The zero-order valence-electron chi connectivity index (χ0n) is 10.1. The smallest absolute Gasteiger partial charge is 0.123 e. The van der Waals surface area contributed by atoms with Gasteiger partial charge in [0.1, 0.15) is 5.82 Å². The van der Waals surface area contributed by atoms with Gasteiger partial charge in [-0.05, 0) is 61.7 Å². The summed E-state index contributed by atoms with van der Waals surface area (Å²) in [4.78, 5) is 2.35. The Morgan fingerprint density at radius 1 is 1.12 bits per heavy atom. The number of halogens is 2. The number of hydrogen-bond acceptors (Lipinski definition) is 1. The van der Waals surface area contributed by atoms with Crippen molar-refractivity contribution in [2.24, 2.45) is 0 Å². The molecule has 0 aliphatic rings. The highest BCUT2D eigenvalue weighted by molar-refractivity contribution is 7.12. The maximum absolute atomic E-state index is 13.2. The van der Waals surface area contributed by atoms with Gasteiger partial charge in [-0.15, -0.1) is 22.9 Å². The van der Waals surface area contributed by atoms with Crippen LogP contribution < -0.4 is 0 Å². The maximum atomic E-state index is 13.2. The zero-order valence-corrected chi connectivity index (χ0v) is 11.6. The maximum Gasteiger partial charge on any atom is 0.123 e. The van der Waals surface area contributed by atoms with Crippen LogP contribution in [0.2, 0.25) is 0 Å². The Balaban J connectivity index is 2.47. The molecule has 1 aromatic carbocycles. The molecule has 0 saturated carbocycles. The first-order chi connectivity index (χ1) is 7.99. The van der Waals surface area contributed by atoms with Crippen LogP contribution in [0.3, 0.4) is 0 Å². The molecule has 2 aromatic rings. The second-order valence-electron chi connectivity index (χ2n) is 4.26. The number of alkyl halides is 1. The van der Waals surface area contributed by atoms with E-state index in [1.54, 1.807) is 11.3 Å². The van der Waals surface area contributed by atoms with E-state index >= 15 is 0 Å². The fraction of sp³-hybridized carbons (Fsp3) is 0.286. The van der Waals surface area contributed by atoms with Crippen molar-refractivity contribution in [1.29, 1.82) is 0 Å². The van der Waals surface area contributed by atoms with E-state index in [2.05, 4.69) is 13.0 Å². The highest BCUT2D eigenvalue weighted by atomic mass is 35.5. The standard InChI is InChI=1S/C14H14ClFS/c1-8-6-11(16)7-9(2)13(8)14(15)12-5-4-10(3)17-12/h4-7,14H,1-3H3. The Morgan fingerprint density at radius 2 is 1.71 bits per heavy atom. The third-order valence-corrected chi connectivity index (χ3v) is 4.47. The van der Waals surface area contributed by atoms with Crippen LogP contribution in [0.4, 0.5) is 4.39 Å². The minimum absolute atomic E-state index is 0.186. The summed E-state index contributed by atoms with van der Waals surface area (Å²) >= 11 is 8.18. The summed E-state index contributed by atoms with van der Waals surface area (Å²) < 4.78 is 13.2. The Hall–Kier alpha value is -0.860. The van der Waals surface area contributed by atoms with Gasteiger partial charge in [0.2, 0.25) is 0 Å². The van der Waals surface area contributed by atoms with Crippen molar-refractivity contribution in [3.05, 3.63) is 56.5 Å². The molecule has 2 rings (SSSR count). The summed E-state index contributed by atoms with van der Waals surface area (Å²) in [7, 11) is 0. The van der Waals surface area contributed by atoms with E-state index in [0.29, 0.717) is 0 Å². The molecule has 0 fully saturated rings. The summed E-state index contributed by atoms with van der Waals surface area (Å²) in [5.74, 6) is -0.199. The normalized spacial score (nSPS) is 12.8. The van der Waals surface area contributed by atoms with Crippen molar-refractivity contribution in [3.8, 4) is 0 Å². The van der Waals surface area contributed by atoms with E-state index in [0.717, 1.165) is 21.6 Å². The van der Waals surface area contributed by atoms with Gasteiger partial charge >= 0.3 is 0 Å². The molecule has 0 spiro atoms. The number of rotatable bonds is 2. The molecule has 0 N–H and O–H groups in total. The minimum atomic E-state index is -0.199. The Morgan fingerprint density at radius 3 is 2.18 bits per heavy atom. The first-order valence-electron chi connectivity index (χ1n) is 5.46. The largest absolute Gasteiger partial charge is 0.207 e. The lowest BCUT2D eigenvalue weighted by atomic mass is 9.99. The molecule has 1 atom stereocenters. The average molecular weight is 269 g/mol. The molecular formula is C14H14ClFS. The highest BCUT2D eigenvalue weighted by Crippen LogP contribution is 2.37. The summed E-state index contributed by atoms with van der Waals surface area (Å²) in [6.07, 6.45) is 0. The van der Waals surface area contributed by atoms with Gasteiger partial charge in [-0.25, -0.2) is 4.39 Å². The monoisotopic (exact) mass is 268 g/mol. The lowest BCUT2D eigenvalue weighted by molar-refractivity contribution is 0.624. The van der Waals surface area contributed by atoms with Gasteiger partial charge in [0, 0.05) is 9.75 Å². The Bertz CT molecular complexity index is 522. The number of aryl methyl sites for hydroxylation is 3. The number of hydrogen-bond donors (Lipinski definition) is 0. The molecule has 90 valence electrons. The predicted molar refractivity (Wildman–Crippen MR) is 72.6 cm³/mol. The van der Waals surface area contributed by atoms with Crippen LogP contribution in [0.5, 0.6) is 0 Å². The van der Waals surface area contributed by atoms with E-state index in [1.165, 1.54) is 17.0 Å². The van der Waals surface area contributed by atoms with Gasteiger partial charge in [0.05, 0.1) is 5.38 Å². The minimum Gasteiger partial charge on any atom is -0.207 e. The zero-order chi connectivity index (χ0) is 12.6. The van der Waals surface area contributed by atoms with Gasteiger partial charge in [-0.1, -0.05) is 0 Å². The topological polar surface area (TPSA) is 0 Å². The van der Waals surface area contributed by atoms with E-state index in [1.807, 2.05) is 19.9 Å². The highest BCUT2D eigenvalue weighted by Gasteiger charge is 2.17. The molecule has 0 amide bonds. The summed E-state index contributed by atoms with van der Waals surface area (Å²) in [5.41, 5.74) is 2.84. The summed E-state index contributed by atoms with van der Waals surface area (Å²) in [6, 6.07) is 7.18. The molecule has 3 heteroatoms. The molecule has 0 aliphatic heterocycles. The molecule has 0 nitrogen and oxygen atoms in total. The Labute approximate surface area is 110 Å². The number of thiophene rings is 1. The Kier molecular flexibility index (Phi) is 3.55. The van der Waals surface area contributed by atoms with Crippen LogP contribution in [0.25, 0.3) is 0 Å². The molecule has 0 saturated heterocycles. The van der Waals surface area contributed by atoms with E-state index in [-0.39, 0.29) is 11.2 Å². The molecule has 0 bridgehead atoms. The summed E-state index contributed by atoms with van der Waals surface area (Å²) in [6.45, 7) is 5.87. The SMILES string of the molecule is Cc1ccc(C(Cl)c2c(C)cc(F)cc2C)s1. The van der Waals surface area contributed by atoms with Gasteiger partial charge in [0.15, 0.2) is 0 Å². The van der Waals surface area contributed by atoms with E-state index < -0.39 is 0 Å². The van der Waals surface area contributed by atoms with Crippen molar-refractivity contribution in [3.63, 3.8) is 0 Å². The molecule has 1 aromatic heterocycles. The van der Waals surface area contributed by atoms with Crippen LogP contribution in [-0.2, 0) is 0 Å². The first-order valence-corrected chi connectivity index (χ1v) is 6.71. The van der Waals surface area contributed by atoms with Crippen molar-refractivity contribution in [1.82, 2.24) is 0 Å². The lowest BCUT2D eigenvalue weighted by Gasteiger charge is -2.14. The average Bonchev–Trinajstić information content (AvgIpc) is 2.63. The first kappa shape index (κ1) is 12.6. The second kappa shape index (κ2) is 4.79. The van der Waals surface area contributed by atoms with Gasteiger partial charge in [0.25, 0.3) is 0 Å². The third-order valence-electron chi connectivity index (χ3n) is 2.82. The van der Waals surface area contributed by atoms with Crippen LogP contribution in [-0.4, -0.2) is 0 Å². The van der Waals surface area contributed by atoms with Crippen LogP contribution in [0.1, 0.15) is 31.8 Å². The van der Waals surface area contributed by atoms with Crippen LogP contribution in [0.15, 0.2) is 24.3 Å². The lowest BCUT2D eigenvalue weighted by Crippen LogP contribution is -1.99. The molecule has 1 heterocycles. The van der Waals surface area contributed by atoms with Gasteiger partial charge in [-0.3, -0.25) is 0 Å². The predicted octanol–water partition coefficient (Wildman–Crippen LogP) is 5.14. The number of benzene rings is 1. The van der Waals surface area contributed by atoms with Crippen LogP contribution >= 0.6 is 22.9 Å². The van der Waals surface area contributed by atoms with Crippen LogP contribution in [0, 0.1) is 26.6 Å². The van der Waals surface area contributed by atoms with Crippen molar-refractivity contribution in [2.75, 3.05) is 0 Å². The molecule has 0 aliphatic carbocycles. The third kappa shape index (κ3) is 2.53. The van der Waals surface area contributed by atoms with E-state index in [9.17, 15) is 4.39 Å². The fourth-order valence-corrected chi connectivity index (χ4v) is 3.47. The summed E-state index contributed by atoms with van der Waals surface area (Å²) in [5, 5.41) is -0.186. The molecule has 17 heavy (non-hydrogen) atoms. The molecule has 1 unspecified atom stereocenters. The van der Waals surface area contributed by atoms with Crippen molar-refractivity contribution in [2.45, 2.75) is 26.1 Å². The van der Waals surface area contributed by atoms with Gasteiger partial charge in [-0.2, -0.15) is 0 Å². The molecule has 0 radical (unpaired) electrons. The quantitative estimate of drug-likeness (QED) is 0.662. The van der Waals surface area contributed by atoms with Crippen molar-refractivity contribution >= 4 is 22.9 Å². The second-order valence-corrected chi connectivity index (χ2v) is 6.02.